The Bertz CT molecular complexity index is 4620. The van der Waals surface area contributed by atoms with Gasteiger partial charge in [-0.25, -0.2) is 15.0 Å². The first-order valence-electron chi connectivity index (χ1n) is 24.0. The third kappa shape index (κ3) is 6.18. The van der Waals surface area contributed by atoms with Crippen molar-refractivity contribution in [2.45, 2.75) is 0 Å². The van der Waals surface area contributed by atoms with Gasteiger partial charge in [0.05, 0.1) is 27.8 Å². The van der Waals surface area contributed by atoms with Crippen molar-refractivity contribution in [1.82, 2.24) is 24.1 Å². The Morgan fingerprint density at radius 1 is 0.282 bits per heavy atom. The summed E-state index contributed by atoms with van der Waals surface area (Å²) in [6.45, 7) is 0. The third-order valence-electron chi connectivity index (χ3n) is 14.3. The summed E-state index contributed by atoms with van der Waals surface area (Å²) in [7, 11) is 0. The van der Waals surface area contributed by atoms with E-state index in [1.165, 1.54) is 32.3 Å². The predicted molar refractivity (Wildman–Crippen MR) is 293 cm³/mol. The van der Waals surface area contributed by atoms with Gasteiger partial charge in [-0.3, -0.25) is 0 Å². The summed E-state index contributed by atoms with van der Waals surface area (Å²) in [6.07, 6.45) is 0. The Labute approximate surface area is 407 Å². The highest BCUT2D eigenvalue weighted by molar-refractivity contribution is 6.23. The van der Waals surface area contributed by atoms with Gasteiger partial charge in [0.15, 0.2) is 17.5 Å². The zero-order chi connectivity index (χ0) is 46.6. The fourth-order valence-corrected chi connectivity index (χ4v) is 11.1. The molecule has 4 heterocycles. The molecule has 15 aromatic rings. The van der Waals surface area contributed by atoms with E-state index in [9.17, 15) is 0 Å². The highest BCUT2D eigenvalue weighted by Crippen LogP contribution is 2.44. The molecule has 15 rings (SSSR count). The van der Waals surface area contributed by atoms with E-state index >= 15 is 0 Å². The van der Waals surface area contributed by atoms with Crippen LogP contribution >= 0.6 is 0 Å². The van der Waals surface area contributed by atoms with Gasteiger partial charge in [0.2, 0.25) is 0 Å². The van der Waals surface area contributed by atoms with Crippen LogP contribution in [-0.4, -0.2) is 24.1 Å². The summed E-state index contributed by atoms with van der Waals surface area (Å²) in [5.41, 5.74) is 13.0. The van der Waals surface area contributed by atoms with E-state index in [0.717, 1.165) is 94.0 Å². The van der Waals surface area contributed by atoms with Gasteiger partial charge in [0.1, 0.15) is 11.2 Å². The normalized spacial score (nSPS) is 11.9. The molecule has 0 radical (unpaired) electrons. The molecule has 4 aromatic heterocycles. The molecule has 0 unspecified atom stereocenters. The molecule has 0 fully saturated rings. The number of hydrogen-bond donors (Lipinski definition) is 0. The number of fused-ring (bicyclic) bond motifs is 12. The van der Waals surface area contributed by atoms with E-state index in [1.54, 1.807) is 0 Å². The average Bonchev–Trinajstić information content (AvgIpc) is 4.10. The number of para-hydroxylation sites is 3. The molecular formula is C65H39N5O. The van der Waals surface area contributed by atoms with E-state index < -0.39 is 0 Å². The van der Waals surface area contributed by atoms with Crippen LogP contribution in [-0.2, 0) is 0 Å². The van der Waals surface area contributed by atoms with Crippen LogP contribution in [0.5, 0.6) is 0 Å². The van der Waals surface area contributed by atoms with Gasteiger partial charge in [-0.2, -0.15) is 0 Å². The molecule has 71 heavy (non-hydrogen) atoms. The second kappa shape index (κ2) is 15.4. The smallest absolute Gasteiger partial charge is 0.164 e. The van der Waals surface area contributed by atoms with Gasteiger partial charge in [0, 0.05) is 60.8 Å². The first-order valence-corrected chi connectivity index (χ1v) is 24.0. The predicted octanol–water partition coefficient (Wildman–Crippen LogP) is 16.9. The Balaban J connectivity index is 1.01. The molecule has 330 valence electrons. The second-order valence-electron chi connectivity index (χ2n) is 18.4. The van der Waals surface area contributed by atoms with E-state index in [2.05, 4.69) is 228 Å². The van der Waals surface area contributed by atoms with Crippen LogP contribution in [0.4, 0.5) is 0 Å². The fraction of sp³-hybridized carbons (Fsp3) is 0. The summed E-state index contributed by atoms with van der Waals surface area (Å²) in [4.78, 5) is 16.3. The van der Waals surface area contributed by atoms with Gasteiger partial charge < -0.3 is 13.6 Å². The summed E-state index contributed by atoms with van der Waals surface area (Å²) in [5.74, 6) is 1.72. The number of rotatable bonds is 6. The van der Waals surface area contributed by atoms with E-state index in [-0.39, 0.29) is 0 Å². The number of benzene rings is 11. The molecular weight excluding hydrogens is 867 g/mol. The Hall–Kier alpha value is -9.65. The fourth-order valence-electron chi connectivity index (χ4n) is 11.1. The number of nitrogens with zero attached hydrogens (tertiary/aromatic N) is 5. The van der Waals surface area contributed by atoms with Gasteiger partial charge >= 0.3 is 0 Å². The van der Waals surface area contributed by atoms with Crippen LogP contribution in [0.1, 0.15) is 0 Å². The summed E-state index contributed by atoms with van der Waals surface area (Å²) >= 11 is 0. The molecule has 0 N–H and O–H groups in total. The summed E-state index contributed by atoms with van der Waals surface area (Å²) < 4.78 is 11.6. The maximum absolute atomic E-state index is 6.84. The molecule has 0 bridgehead atoms. The lowest BCUT2D eigenvalue weighted by Gasteiger charge is -2.13. The van der Waals surface area contributed by atoms with E-state index in [0.29, 0.717) is 17.5 Å². The minimum absolute atomic E-state index is 0.555. The van der Waals surface area contributed by atoms with E-state index in [4.69, 9.17) is 19.4 Å². The molecule has 0 amide bonds. The maximum Gasteiger partial charge on any atom is 0.164 e. The van der Waals surface area contributed by atoms with Crippen molar-refractivity contribution in [3.05, 3.63) is 237 Å². The highest BCUT2D eigenvalue weighted by Gasteiger charge is 2.23. The first kappa shape index (κ1) is 39.4. The van der Waals surface area contributed by atoms with Crippen LogP contribution in [0.2, 0.25) is 0 Å². The number of furan rings is 1. The average molecular weight is 906 g/mol. The van der Waals surface area contributed by atoms with Crippen molar-refractivity contribution < 1.29 is 4.42 Å². The molecule has 6 heteroatoms. The zero-order valence-electron chi connectivity index (χ0n) is 38.2. The molecule has 0 atom stereocenters. The Morgan fingerprint density at radius 2 is 0.859 bits per heavy atom. The standard InChI is InChI=1S/C65H39N5O/c1-3-15-40(16-4-1)41-27-29-43(30-28-41)63-66-64(46-32-33-56-52(36-46)50-23-11-13-25-55(50)69(56)47-20-5-2-6-21-47)68-65(67-63)54-38-48(39-60-62(54)51-24-12-14-26-59(51)71-60)70-57-34-31-42-17-9-10-22-49(42)61(57)53-35-44-18-7-8-19-45(44)37-58(53)70/h1-39H. The highest BCUT2D eigenvalue weighted by atomic mass is 16.3. The molecule has 0 saturated heterocycles. The van der Waals surface area contributed by atoms with Gasteiger partial charge in [-0.1, -0.05) is 164 Å². The Morgan fingerprint density at radius 3 is 1.68 bits per heavy atom. The van der Waals surface area contributed by atoms with Crippen LogP contribution < -0.4 is 0 Å². The van der Waals surface area contributed by atoms with Crippen LogP contribution in [0.3, 0.4) is 0 Å². The van der Waals surface area contributed by atoms with Gasteiger partial charge in [-0.15, -0.1) is 0 Å². The summed E-state index contributed by atoms with van der Waals surface area (Å²) in [5, 5.41) is 11.4. The molecule has 0 aliphatic heterocycles. The number of aromatic nitrogens is 5. The quantitative estimate of drug-likeness (QED) is 0.167. The lowest BCUT2D eigenvalue weighted by molar-refractivity contribution is 0.668. The largest absolute Gasteiger partial charge is 0.456 e. The van der Waals surface area contributed by atoms with Crippen molar-refractivity contribution in [1.29, 1.82) is 0 Å². The van der Waals surface area contributed by atoms with E-state index in [1.807, 2.05) is 18.2 Å². The second-order valence-corrected chi connectivity index (χ2v) is 18.4. The lowest BCUT2D eigenvalue weighted by atomic mass is 10.0. The van der Waals surface area contributed by atoms with Crippen molar-refractivity contribution in [2.24, 2.45) is 0 Å². The molecule has 0 saturated carbocycles. The number of hydrogen-bond acceptors (Lipinski definition) is 4. The zero-order valence-corrected chi connectivity index (χ0v) is 38.2. The maximum atomic E-state index is 6.84. The SMILES string of the molecule is c1ccc(-c2ccc(-c3nc(-c4ccc5c(c4)c4ccccc4n5-c4ccccc4)nc(-c4cc(-n5c6cc7ccccc7cc6c6c7ccccc7ccc65)cc5oc6ccccc6c45)n3)cc2)cc1. The molecule has 0 aliphatic rings. The van der Waals surface area contributed by atoms with Gasteiger partial charge in [-0.05, 0) is 99.4 Å². The Kier molecular flexibility index (Phi) is 8.56. The minimum atomic E-state index is 0.555. The third-order valence-corrected chi connectivity index (χ3v) is 14.3. The molecule has 11 aromatic carbocycles. The lowest BCUT2D eigenvalue weighted by Crippen LogP contribution is -2.02. The monoisotopic (exact) mass is 905 g/mol. The van der Waals surface area contributed by atoms with Crippen LogP contribution in [0.15, 0.2) is 241 Å². The minimum Gasteiger partial charge on any atom is -0.456 e. The van der Waals surface area contributed by atoms with Crippen molar-refractivity contribution in [2.75, 3.05) is 0 Å². The molecule has 0 spiro atoms. The van der Waals surface area contributed by atoms with Crippen molar-refractivity contribution in [3.63, 3.8) is 0 Å². The van der Waals surface area contributed by atoms with Gasteiger partial charge in [0.25, 0.3) is 0 Å². The molecule has 0 aliphatic carbocycles. The van der Waals surface area contributed by atoms with Crippen molar-refractivity contribution >= 4 is 87.1 Å². The van der Waals surface area contributed by atoms with Crippen LogP contribution in [0, 0.1) is 0 Å². The summed E-state index contributed by atoms with van der Waals surface area (Å²) in [6, 6.07) is 83.9. The van der Waals surface area contributed by atoms with Crippen LogP contribution in [0.25, 0.3) is 144 Å². The topological polar surface area (TPSA) is 61.7 Å². The first-order chi connectivity index (χ1) is 35.2. The van der Waals surface area contributed by atoms with Crippen molar-refractivity contribution in [3.8, 4) is 56.7 Å². The molecule has 6 nitrogen and oxygen atoms in total.